The summed E-state index contributed by atoms with van der Waals surface area (Å²) in [6.07, 6.45) is 3.29. The Morgan fingerprint density at radius 2 is 2.25 bits per heavy atom. The lowest BCUT2D eigenvalue weighted by Gasteiger charge is -2.09. The molecule has 4 nitrogen and oxygen atoms in total. The topological polar surface area (TPSA) is 46.9 Å². The molecule has 0 radical (unpaired) electrons. The molecule has 1 saturated carbocycles. The summed E-state index contributed by atoms with van der Waals surface area (Å²) >= 11 is 1.56. The quantitative estimate of drug-likeness (QED) is 0.917. The van der Waals surface area contributed by atoms with Crippen LogP contribution < -0.4 is 10.9 Å². The Morgan fingerprint density at radius 1 is 1.45 bits per heavy atom. The van der Waals surface area contributed by atoms with Crippen molar-refractivity contribution in [1.29, 1.82) is 0 Å². The van der Waals surface area contributed by atoms with Crippen molar-refractivity contribution in [3.8, 4) is 11.3 Å². The normalized spacial score (nSPS) is 14.5. The van der Waals surface area contributed by atoms with Crippen molar-refractivity contribution in [2.45, 2.75) is 39.2 Å². The van der Waals surface area contributed by atoms with Gasteiger partial charge in [-0.05, 0) is 38.3 Å². The van der Waals surface area contributed by atoms with Crippen LogP contribution in [0.25, 0.3) is 11.3 Å². The maximum atomic E-state index is 12.6. The molecule has 1 N–H and O–H groups in total. The first kappa shape index (κ1) is 13.4. The van der Waals surface area contributed by atoms with Crippen LogP contribution in [0.4, 0.5) is 5.13 Å². The highest BCUT2D eigenvalue weighted by atomic mass is 32.1. The van der Waals surface area contributed by atoms with Crippen LogP contribution in [0.3, 0.4) is 0 Å². The van der Waals surface area contributed by atoms with Gasteiger partial charge in [0.25, 0.3) is 5.56 Å². The SMILES string of the molecule is CCCNc1nc(-c2ccc(C)n(C3CC3)c2=O)cs1. The molecule has 0 amide bonds. The summed E-state index contributed by atoms with van der Waals surface area (Å²) in [5.74, 6) is 0. The molecule has 106 valence electrons. The first-order chi connectivity index (χ1) is 9.70. The van der Waals surface area contributed by atoms with Crippen LogP contribution >= 0.6 is 11.3 Å². The summed E-state index contributed by atoms with van der Waals surface area (Å²) in [7, 11) is 0. The van der Waals surface area contributed by atoms with Gasteiger partial charge in [-0.15, -0.1) is 11.3 Å². The maximum Gasteiger partial charge on any atom is 0.260 e. The zero-order chi connectivity index (χ0) is 14.1. The average Bonchev–Trinajstić information content (AvgIpc) is 3.15. The second-order valence-electron chi connectivity index (χ2n) is 5.26. The molecule has 0 atom stereocenters. The zero-order valence-corrected chi connectivity index (χ0v) is 12.7. The van der Waals surface area contributed by atoms with Crippen molar-refractivity contribution in [3.05, 3.63) is 33.6 Å². The predicted octanol–water partition coefficient (Wildman–Crippen LogP) is 3.44. The van der Waals surface area contributed by atoms with Crippen LogP contribution in [0.5, 0.6) is 0 Å². The number of hydrogen-bond donors (Lipinski definition) is 1. The molecular weight excluding hydrogens is 270 g/mol. The van der Waals surface area contributed by atoms with Gasteiger partial charge in [0, 0.05) is 23.7 Å². The summed E-state index contributed by atoms with van der Waals surface area (Å²) in [5.41, 5.74) is 2.64. The van der Waals surface area contributed by atoms with Crippen molar-refractivity contribution >= 4 is 16.5 Å². The summed E-state index contributed by atoms with van der Waals surface area (Å²) in [4.78, 5) is 17.1. The third-order valence-corrected chi connectivity index (χ3v) is 4.34. The van der Waals surface area contributed by atoms with Gasteiger partial charge in [-0.2, -0.15) is 0 Å². The Morgan fingerprint density at radius 3 is 2.95 bits per heavy atom. The number of hydrogen-bond acceptors (Lipinski definition) is 4. The number of rotatable bonds is 5. The van der Waals surface area contributed by atoms with E-state index in [2.05, 4.69) is 17.2 Å². The van der Waals surface area contributed by atoms with Crippen LogP contribution in [0.1, 0.15) is 37.9 Å². The van der Waals surface area contributed by atoms with E-state index in [-0.39, 0.29) is 5.56 Å². The monoisotopic (exact) mass is 289 g/mol. The second-order valence-corrected chi connectivity index (χ2v) is 6.12. The van der Waals surface area contributed by atoms with Gasteiger partial charge < -0.3 is 9.88 Å². The number of pyridine rings is 1. The molecular formula is C15H19N3OS. The van der Waals surface area contributed by atoms with Gasteiger partial charge in [0.2, 0.25) is 0 Å². The van der Waals surface area contributed by atoms with E-state index in [0.717, 1.165) is 42.3 Å². The van der Waals surface area contributed by atoms with Crippen molar-refractivity contribution < 1.29 is 0 Å². The number of aromatic nitrogens is 2. The fourth-order valence-corrected chi connectivity index (χ4v) is 3.08. The highest BCUT2D eigenvalue weighted by molar-refractivity contribution is 7.14. The highest BCUT2D eigenvalue weighted by Gasteiger charge is 2.27. The molecule has 0 aliphatic heterocycles. The van der Waals surface area contributed by atoms with E-state index in [1.165, 1.54) is 0 Å². The minimum Gasteiger partial charge on any atom is -0.362 e. The van der Waals surface area contributed by atoms with Crippen molar-refractivity contribution in [1.82, 2.24) is 9.55 Å². The molecule has 1 aliphatic carbocycles. The first-order valence-electron chi connectivity index (χ1n) is 7.12. The molecule has 0 saturated heterocycles. The van der Waals surface area contributed by atoms with Crippen LogP contribution in [0.2, 0.25) is 0 Å². The molecule has 1 fully saturated rings. The number of aryl methyl sites for hydroxylation is 1. The number of nitrogens with one attached hydrogen (secondary N) is 1. The number of thiazole rings is 1. The summed E-state index contributed by atoms with van der Waals surface area (Å²) in [6.45, 7) is 5.03. The van der Waals surface area contributed by atoms with Gasteiger partial charge in [0.15, 0.2) is 5.13 Å². The molecule has 3 rings (SSSR count). The Hall–Kier alpha value is -1.62. The van der Waals surface area contributed by atoms with Gasteiger partial charge in [0.1, 0.15) is 0 Å². The Bertz CT molecular complexity index is 670. The first-order valence-corrected chi connectivity index (χ1v) is 8.00. The van der Waals surface area contributed by atoms with Gasteiger partial charge in [0.05, 0.1) is 11.3 Å². The van der Waals surface area contributed by atoms with E-state index < -0.39 is 0 Å². The third kappa shape index (κ3) is 2.50. The van der Waals surface area contributed by atoms with E-state index in [0.29, 0.717) is 11.6 Å². The predicted molar refractivity (Wildman–Crippen MR) is 83.6 cm³/mol. The fourth-order valence-electron chi connectivity index (χ4n) is 2.34. The van der Waals surface area contributed by atoms with Gasteiger partial charge in [-0.25, -0.2) is 4.98 Å². The summed E-state index contributed by atoms with van der Waals surface area (Å²) in [5, 5.41) is 6.11. The van der Waals surface area contributed by atoms with Crippen molar-refractivity contribution in [2.24, 2.45) is 0 Å². The summed E-state index contributed by atoms with van der Waals surface area (Å²) < 4.78 is 1.92. The van der Waals surface area contributed by atoms with Gasteiger partial charge in [-0.3, -0.25) is 4.79 Å². The van der Waals surface area contributed by atoms with Gasteiger partial charge >= 0.3 is 0 Å². The third-order valence-electron chi connectivity index (χ3n) is 3.54. The Kier molecular flexibility index (Phi) is 3.61. The molecule has 1 aliphatic rings. The minimum atomic E-state index is 0.0971. The highest BCUT2D eigenvalue weighted by Crippen LogP contribution is 2.35. The average molecular weight is 289 g/mol. The largest absolute Gasteiger partial charge is 0.362 e. The van der Waals surface area contributed by atoms with E-state index in [4.69, 9.17) is 0 Å². The summed E-state index contributed by atoms with van der Waals surface area (Å²) in [6, 6.07) is 4.32. The van der Waals surface area contributed by atoms with E-state index >= 15 is 0 Å². The van der Waals surface area contributed by atoms with E-state index in [9.17, 15) is 4.79 Å². The number of anilines is 1. The molecule has 0 bridgehead atoms. The molecule has 2 heterocycles. The molecule has 5 heteroatoms. The second kappa shape index (κ2) is 5.40. The molecule has 20 heavy (non-hydrogen) atoms. The molecule has 0 aromatic carbocycles. The van der Waals surface area contributed by atoms with Crippen LogP contribution in [0, 0.1) is 6.92 Å². The van der Waals surface area contributed by atoms with E-state index in [1.807, 2.05) is 29.0 Å². The maximum absolute atomic E-state index is 12.6. The van der Waals surface area contributed by atoms with Crippen molar-refractivity contribution in [3.63, 3.8) is 0 Å². The lowest BCUT2D eigenvalue weighted by atomic mass is 10.2. The number of nitrogens with zero attached hydrogens (tertiary/aromatic N) is 2. The lowest BCUT2D eigenvalue weighted by Crippen LogP contribution is -2.22. The standard InChI is InChI=1S/C15H19N3OS/c1-3-8-16-15-17-13(9-20-15)12-7-4-10(2)18(14(12)19)11-5-6-11/h4,7,9,11H,3,5-6,8H2,1-2H3,(H,16,17). The smallest absolute Gasteiger partial charge is 0.260 e. The lowest BCUT2D eigenvalue weighted by molar-refractivity contribution is 0.683. The zero-order valence-electron chi connectivity index (χ0n) is 11.8. The van der Waals surface area contributed by atoms with Gasteiger partial charge in [-0.1, -0.05) is 6.92 Å². The molecule has 0 unspecified atom stereocenters. The molecule has 2 aromatic heterocycles. The molecule has 2 aromatic rings. The fraction of sp³-hybridized carbons (Fsp3) is 0.467. The van der Waals surface area contributed by atoms with E-state index in [1.54, 1.807) is 11.3 Å². The van der Waals surface area contributed by atoms with Crippen LogP contribution in [0.15, 0.2) is 22.3 Å². The van der Waals surface area contributed by atoms with Crippen molar-refractivity contribution in [2.75, 3.05) is 11.9 Å². The van der Waals surface area contributed by atoms with Crippen LogP contribution in [-0.2, 0) is 0 Å². The molecule has 0 spiro atoms. The van der Waals surface area contributed by atoms with Crippen LogP contribution in [-0.4, -0.2) is 16.1 Å². The Labute approximate surface area is 122 Å². The Balaban J connectivity index is 1.96. The minimum absolute atomic E-state index is 0.0971.